The minimum Gasteiger partial charge on any atom is -0.348 e. The summed E-state index contributed by atoms with van der Waals surface area (Å²) in [5.74, 6) is 1.22. The Hall–Kier alpha value is -1.26. The number of hydrogen-bond acceptors (Lipinski definition) is 3. The predicted molar refractivity (Wildman–Crippen MR) is 94.3 cm³/mol. The van der Waals surface area contributed by atoms with Crippen molar-refractivity contribution in [1.82, 2.24) is 5.32 Å². The van der Waals surface area contributed by atoms with Gasteiger partial charge < -0.3 is 5.32 Å². The standard InChI is InChI=1S/C18H21NOS2/c20-16(13-22-17-11-6-12-21-17)19-18(15-9-4-5-10-15)14-7-2-1-3-8-14/h1-3,6-8,11-12,15,18H,4-5,9-10,13H2,(H,19,20). The van der Waals surface area contributed by atoms with Gasteiger partial charge in [0.1, 0.15) is 0 Å². The lowest BCUT2D eigenvalue weighted by atomic mass is 9.91. The molecule has 0 spiro atoms. The molecule has 1 N–H and O–H groups in total. The molecule has 2 nitrogen and oxygen atoms in total. The summed E-state index contributed by atoms with van der Waals surface area (Å²) < 4.78 is 1.20. The minimum atomic E-state index is 0.138. The number of carbonyl (C=O) groups excluding carboxylic acids is 1. The molecule has 1 unspecified atom stereocenters. The van der Waals surface area contributed by atoms with E-state index in [1.807, 2.05) is 17.5 Å². The molecule has 2 aromatic rings. The van der Waals surface area contributed by atoms with Gasteiger partial charge in [0.2, 0.25) is 5.91 Å². The Balaban J connectivity index is 1.63. The smallest absolute Gasteiger partial charge is 0.230 e. The van der Waals surface area contributed by atoms with Crippen molar-refractivity contribution >= 4 is 29.0 Å². The summed E-state index contributed by atoms with van der Waals surface area (Å²) in [7, 11) is 0. The molecule has 1 heterocycles. The van der Waals surface area contributed by atoms with Crippen LogP contribution in [-0.4, -0.2) is 11.7 Å². The topological polar surface area (TPSA) is 29.1 Å². The van der Waals surface area contributed by atoms with Gasteiger partial charge in [0.25, 0.3) is 0 Å². The molecule has 0 radical (unpaired) electrons. The van der Waals surface area contributed by atoms with E-state index >= 15 is 0 Å². The quantitative estimate of drug-likeness (QED) is 0.764. The van der Waals surface area contributed by atoms with E-state index in [4.69, 9.17) is 0 Å². The zero-order valence-corrected chi connectivity index (χ0v) is 14.2. The van der Waals surface area contributed by atoms with Gasteiger partial charge in [-0.25, -0.2) is 0 Å². The van der Waals surface area contributed by atoms with E-state index in [1.54, 1.807) is 23.1 Å². The molecule has 1 aliphatic rings. The van der Waals surface area contributed by atoms with Crippen LogP contribution in [0.15, 0.2) is 52.1 Å². The lowest BCUT2D eigenvalue weighted by Crippen LogP contribution is -2.33. The van der Waals surface area contributed by atoms with Crippen LogP contribution in [0.5, 0.6) is 0 Å². The number of amides is 1. The van der Waals surface area contributed by atoms with E-state index < -0.39 is 0 Å². The highest BCUT2D eigenvalue weighted by molar-refractivity contribution is 8.01. The van der Waals surface area contributed by atoms with Crippen molar-refractivity contribution in [2.24, 2.45) is 5.92 Å². The predicted octanol–water partition coefficient (Wildman–Crippen LogP) is 4.89. The van der Waals surface area contributed by atoms with Crippen LogP contribution in [0.25, 0.3) is 0 Å². The molecule has 0 bridgehead atoms. The highest BCUT2D eigenvalue weighted by Crippen LogP contribution is 2.35. The van der Waals surface area contributed by atoms with Crippen LogP contribution in [0, 0.1) is 5.92 Å². The van der Waals surface area contributed by atoms with Gasteiger partial charge in [0, 0.05) is 0 Å². The lowest BCUT2D eigenvalue weighted by Gasteiger charge is -2.25. The number of rotatable bonds is 6. The van der Waals surface area contributed by atoms with Gasteiger partial charge in [-0.15, -0.1) is 23.1 Å². The normalized spacial score (nSPS) is 16.5. The molecule has 1 fully saturated rings. The molecule has 116 valence electrons. The van der Waals surface area contributed by atoms with Gasteiger partial charge in [-0.2, -0.15) is 0 Å². The Morgan fingerprint density at radius 2 is 1.95 bits per heavy atom. The molecule has 1 aliphatic carbocycles. The fourth-order valence-electron chi connectivity index (χ4n) is 3.12. The molecule has 1 aromatic heterocycles. The second-order valence-corrected chi connectivity index (χ2v) is 7.94. The van der Waals surface area contributed by atoms with E-state index in [2.05, 4.69) is 35.6 Å². The molecule has 22 heavy (non-hydrogen) atoms. The van der Waals surface area contributed by atoms with E-state index in [9.17, 15) is 4.79 Å². The zero-order chi connectivity index (χ0) is 15.2. The SMILES string of the molecule is O=C(CSc1cccs1)NC(c1ccccc1)C1CCCC1. The van der Waals surface area contributed by atoms with Gasteiger partial charge in [0.05, 0.1) is 16.0 Å². The number of thiophene rings is 1. The van der Waals surface area contributed by atoms with Crippen LogP contribution in [0.3, 0.4) is 0 Å². The number of benzene rings is 1. The second-order valence-electron chi connectivity index (χ2n) is 5.72. The molecule has 3 rings (SSSR count). The van der Waals surface area contributed by atoms with Crippen molar-refractivity contribution in [3.8, 4) is 0 Å². The zero-order valence-electron chi connectivity index (χ0n) is 12.5. The Morgan fingerprint density at radius 1 is 1.18 bits per heavy atom. The molecule has 4 heteroatoms. The second kappa shape index (κ2) is 7.84. The van der Waals surface area contributed by atoms with Crippen LogP contribution < -0.4 is 5.32 Å². The van der Waals surface area contributed by atoms with E-state index in [1.165, 1.54) is 35.5 Å². The maximum Gasteiger partial charge on any atom is 0.230 e. The molecule has 1 aromatic carbocycles. The lowest BCUT2D eigenvalue weighted by molar-refractivity contribution is -0.119. The summed E-state index contributed by atoms with van der Waals surface area (Å²) in [5, 5.41) is 5.33. The fraction of sp³-hybridized carbons (Fsp3) is 0.389. The van der Waals surface area contributed by atoms with Gasteiger partial charge in [-0.3, -0.25) is 4.79 Å². The van der Waals surface area contributed by atoms with E-state index in [0.717, 1.165) is 0 Å². The summed E-state index contributed by atoms with van der Waals surface area (Å²) >= 11 is 3.31. The number of hydrogen-bond donors (Lipinski definition) is 1. The van der Waals surface area contributed by atoms with Crippen molar-refractivity contribution < 1.29 is 4.79 Å². The first-order valence-electron chi connectivity index (χ1n) is 7.83. The maximum atomic E-state index is 12.4. The van der Waals surface area contributed by atoms with Crippen molar-refractivity contribution in [3.05, 3.63) is 53.4 Å². The van der Waals surface area contributed by atoms with Gasteiger partial charge in [0.15, 0.2) is 0 Å². The first kappa shape index (κ1) is 15.6. The van der Waals surface area contributed by atoms with Crippen LogP contribution in [0.4, 0.5) is 0 Å². The number of nitrogens with one attached hydrogen (secondary N) is 1. The first-order chi connectivity index (χ1) is 10.8. The third kappa shape index (κ3) is 4.14. The van der Waals surface area contributed by atoms with Crippen molar-refractivity contribution in [2.45, 2.75) is 35.9 Å². The first-order valence-corrected chi connectivity index (χ1v) is 9.70. The molecule has 1 saturated carbocycles. The highest BCUT2D eigenvalue weighted by Gasteiger charge is 2.27. The molecule has 1 atom stereocenters. The largest absolute Gasteiger partial charge is 0.348 e. The third-order valence-electron chi connectivity index (χ3n) is 4.19. The van der Waals surface area contributed by atoms with Crippen LogP contribution >= 0.6 is 23.1 Å². The monoisotopic (exact) mass is 331 g/mol. The Kier molecular flexibility index (Phi) is 5.57. The van der Waals surface area contributed by atoms with Crippen LogP contribution in [0.1, 0.15) is 37.3 Å². The van der Waals surface area contributed by atoms with Crippen LogP contribution in [0.2, 0.25) is 0 Å². The molecule has 0 saturated heterocycles. The van der Waals surface area contributed by atoms with E-state index in [0.29, 0.717) is 11.7 Å². The Labute approximate surface area is 140 Å². The summed E-state index contributed by atoms with van der Waals surface area (Å²) in [6, 6.07) is 14.7. The molecule has 0 aliphatic heterocycles. The average Bonchev–Trinajstić information content (AvgIpc) is 3.25. The van der Waals surface area contributed by atoms with Gasteiger partial charge in [-0.1, -0.05) is 49.2 Å². The Bertz CT molecular complexity index is 576. The molecular weight excluding hydrogens is 310 g/mol. The van der Waals surface area contributed by atoms with Crippen LogP contribution in [-0.2, 0) is 4.79 Å². The van der Waals surface area contributed by atoms with Gasteiger partial charge >= 0.3 is 0 Å². The fourth-order valence-corrected chi connectivity index (χ4v) is 4.72. The number of carbonyl (C=O) groups is 1. The minimum absolute atomic E-state index is 0.138. The maximum absolute atomic E-state index is 12.4. The molecular formula is C18H21NOS2. The summed E-state index contributed by atoms with van der Waals surface area (Å²) in [5.41, 5.74) is 1.24. The van der Waals surface area contributed by atoms with Crippen molar-refractivity contribution in [2.75, 3.05) is 5.75 Å². The van der Waals surface area contributed by atoms with Crippen molar-refractivity contribution in [3.63, 3.8) is 0 Å². The Morgan fingerprint density at radius 3 is 2.64 bits per heavy atom. The molecule has 1 amide bonds. The number of thioether (sulfide) groups is 1. The summed E-state index contributed by atoms with van der Waals surface area (Å²) in [6.07, 6.45) is 5.01. The van der Waals surface area contributed by atoms with Gasteiger partial charge in [-0.05, 0) is 35.8 Å². The third-order valence-corrected chi connectivity index (χ3v) is 6.32. The average molecular weight is 332 g/mol. The summed E-state index contributed by atoms with van der Waals surface area (Å²) in [6.45, 7) is 0. The summed E-state index contributed by atoms with van der Waals surface area (Å²) in [4.78, 5) is 12.4. The van der Waals surface area contributed by atoms with E-state index in [-0.39, 0.29) is 11.9 Å². The highest BCUT2D eigenvalue weighted by atomic mass is 32.2. The van der Waals surface area contributed by atoms with Crippen molar-refractivity contribution in [1.29, 1.82) is 0 Å².